The van der Waals surface area contributed by atoms with E-state index in [2.05, 4.69) is 0 Å². The van der Waals surface area contributed by atoms with Gasteiger partial charge in [0, 0.05) is 5.56 Å². The summed E-state index contributed by atoms with van der Waals surface area (Å²) in [7, 11) is 0. The Bertz CT molecular complexity index is 315. The number of carbonyl (C=O) groups excluding carboxylic acids is 1. The molecule has 0 unspecified atom stereocenters. The molecule has 1 aromatic rings. The third-order valence-corrected chi connectivity index (χ3v) is 1.59. The van der Waals surface area contributed by atoms with Crippen molar-refractivity contribution in [2.24, 2.45) is 5.84 Å². The highest BCUT2D eigenvalue weighted by atomic mass is 16.5. The second-order valence-corrected chi connectivity index (χ2v) is 2.57. The Kier molecular flexibility index (Phi) is 3.90. The molecule has 0 bridgehead atoms. The monoisotopic (exact) mass is 196 g/mol. The minimum absolute atomic E-state index is 0.0622. The lowest BCUT2D eigenvalue weighted by Crippen LogP contribution is -2.29. The maximum absolute atomic E-state index is 11.1. The van der Waals surface area contributed by atoms with Crippen LogP contribution in [0.4, 0.5) is 0 Å². The molecule has 1 amide bonds. The second-order valence-electron chi connectivity index (χ2n) is 2.57. The van der Waals surface area contributed by atoms with Crippen LogP contribution in [0.2, 0.25) is 0 Å². The van der Waals surface area contributed by atoms with Gasteiger partial charge < -0.3 is 9.84 Å². The van der Waals surface area contributed by atoms with Gasteiger partial charge in [-0.1, -0.05) is 6.07 Å². The Morgan fingerprint density at radius 2 is 2.36 bits per heavy atom. The third kappa shape index (κ3) is 2.72. The molecule has 0 fully saturated rings. The molecule has 5 heteroatoms. The van der Waals surface area contributed by atoms with E-state index < -0.39 is 0 Å². The summed E-state index contributed by atoms with van der Waals surface area (Å²) >= 11 is 0. The lowest BCUT2D eigenvalue weighted by molar-refractivity contribution is 0.0953. The summed E-state index contributed by atoms with van der Waals surface area (Å²) in [5, 5.41) is 8.53. The van der Waals surface area contributed by atoms with Crippen LogP contribution < -0.4 is 16.0 Å². The Morgan fingerprint density at radius 1 is 1.57 bits per heavy atom. The molecule has 76 valence electrons. The van der Waals surface area contributed by atoms with E-state index in [1.807, 2.05) is 5.43 Å². The number of nitrogens with two attached hydrogens (primary N) is 1. The van der Waals surface area contributed by atoms with Gasteiger partial charge in [-0.25, -0.2) is 5.84 Å². The van der Waals surface area contributed by atoms with Gasteiger partial charge in [0.25, 0.3) is 5.91 Å². The number of amides is 1. The third-order valence-electron chi connectivity index (χ3n) is 1.59. The number of hydrazine groups is 1. The number of hydrogen-bond donors (Lipinski definition) is 3. The van der Waals surface area contributed by atoms with Crippen molar-refractivity contribution in [1.29, 1.82) is 0 Å². The van der Waals surface area contributed by atoms with Crippen molar-refractivity contribution in [2.45, 2.75) is 0 Å². The van der Waals surface area contributed by atoms with Gasteiger partial charge in [-0.3, -0.25) is 10.2 Å². The Morgan fingerprint density at radius 3 is 3.00 bits per heavy atom. The molecule has 0 atom stereocenters. The zero-order valence-corrected chi connectivity index (χ0v) is 7.56. The summed E-state index contributed by atoms with van der Waals surface area (Å²) in [6.07, 6.45) is 0. The van der Waals surface area contributed by atoms with Crippen LogP contribution in [0.25, 0.3) is 0 Å². The summed E-state index contributed by atoms with van der Waals surface area (Å²) < 4.78 is 5.12. The van der Waals surface area contributed by atoms with E-state index in [4.69, 9.17) is 15.7 Å². The van der Waals surface area contributed by atoms with Crippen LogP contribution >= 0.6 is 0 Å². The maximum atomic E-state index is 11.1. The Hall–Kier alpha value is -1.59. The number of aliphatic hydroxyl groups is 1. The SMILES string of the molecule is NNC(=O)c1cccc(OCCO)c1. The molecule has 0 radical (unpaired) electrons. The van der Waals surface area contributed by atoms with Crippen LogP contribution in [0.15, 0.2) is 24.3 Å². The van der Waals surface area contributed by atoms with E-state index in [0.717, 1.165) is 0 Å². The fourth-order valence-electron chi connectivity index (χ4n) is 0.974. The lowest BCUT2D eigenvalue weighted by Gasteiger charge is -2.05. The van der Waals surface area contributed by atoms with E-state index in [0.29, 0.717) is 11.3 Å². The van der Waals surface area contributed by atoms with Crippen LogP contribution in [0.5, 0.6) is 5.75 Å². The molecule has 0 aliphatic carbocycles. The number of benzene rings is 1. The van der Waals surface area contributed by atoms with Crippen LogP contribution in [0.1, 0.15) is 10.4 Å². The largest absolute Gasteiger partial charge is 0.491 e. The summed E-state index contributed by atoms with van der Waals surface area (Å²) in [4.78, 5) is 11.1. The van der Waals surface area contributed by atoms with Gasteiger partial charge in [0.15, 0.2) is 0 Å². The fraction of sp³-hybridized carbons (Fsp3) is 0.222. The van der Waals surface area contributed by atoms with Gasteiger partial charge in [-0.05, 0) is 18.2 Å². The average molecular weight is 196 g/mol. The van der Waals surface area contributed by atoms with Gasteiger partial charge >= 0.3 is 0 Å². The number of carbonyl (C=O) groups is 1. The number of rotatable bonds is 4. The molecular weight excluding hydrogens is 184 g/mol. The van der Waals surface area contributed by atoms with Crippen molar-refractivity contribution >= 4 is 5.91 Å². The van der Waals surface area contributed by atoms with Crippen molar-refractivity contribution in [2.75, 3.05) is 13.2 Å². The van der Waals surface area contributed by atoms with Crippen molar-refractivity contribution in [3.05, 3.63) is 29.8 Å². The number of nitrogen functional groups attached to an aromatic ring is 1. The fourth-order valence-corrected chi connectivity index (χ4v) is 0.974. The van der Waals surface area contributed by atoms with E-state index in [1.165, 1.54) is 0 Å². The van der Waals surface area contributed by atoms with Crippen molar-refractivity contribution in [1.82, 2.24) is 5.43 Å². The first kappa shape index (κ1) is 10.5. The van der Waals surface area contributed by atoms with Crippen molar-refractivity contribution in [3.8, 4) is 5.75 Å². The number of ether oxygens (including phenoxy) is 1. The summed E-state index contributed by atoms with van der Waals surface area (Å²) in [5.41, 5.74) is 2.44. The second kappa shape index (κ2) is 5.21. The highest BCUT2D eigenvalue weighted by Gasteiger charge is 2.03. The highest BCUT2D eigenvalue weighted by molar-refractivity contribution is 5.94. The molecule has 4 N–H and O–H groups in total. The van der Waals surface area contributed by atoms with Crippen LogP contribution in [-0.4, -0.2) is 24.2 Å². The standard InChI is InChI=1S/C9H12N2O3/c10-11-9(13)7-2-1-3-8(6-7)14-5-4-12/h1-3,6,12H,4-5,10H2,(H,11,13). The molecule has 5 nitrogen and oxygen atoms in total. The first-order valence-corrected chi connectivity index (χ1v) is 4.12. The molecule has 14 heavy (non-hydrogen) atoms. The van der Waals surface area contributed by atoms with E-state index in [9.17, 15) is 4.79 Å². The minimum Gasteiger partial charge on any atom is -0.491 e. The quantitative estimate of drug-likeness (QED) is 0.349. The Balaban J connectivity index is 2.73. The molecule has 0 heterocycles. The smallest absolute Gasteiger partial charge is 0.265 e. The van der Waals surface area contributed by atoms with Crippen LogP contribution in [0.3, 0.4) is 0 Å². The average Bonchev–Trinajstić information content (AvgIpc) is 2.25. The molecule has 0 aromatic heterocycles. The molecule has 0 saturated carbocycles. The highest BCUT2D eigenvalue weighted by Crippen LogP contribution is 2.12. The zero-order valence-electron chi connectivity index (χ0n) is 7.56. The molecule has 0 saturated heterocycles. The number of aliphatic hydroxyl groups excluding tert-OH is 1. The molecule has 0 aliphatic rings. The van der Waals surface area contributed by atoms with E-state index in [-0.39, 0.29) is 19.1 Å². The lowest BCUT2D eigenvalue weighted by atomic mass is 10.2. The molecule has 0 spiro atoms. The minimum atomic E-state index is -0.376. The van der Waals surface area contributed by atoms with Crippen LogP contribution in [-0.2, 0) is 0 Å². The predicted octanol–water partition coefficient (Wildman–Crippen LogP) is -0.339. The van der Waals surface area contributed by atoms with Gasteiger partial charge in [0.1, 0.15) is 12.4 Å². The number of hydrogen-bond acceptors (Lipinski definition) is 4. The summed E-state index contributed by atoms with van der Waals surface area (Å²) in [6.45, 7) is 0.140. The summed E-state index contributed by atoms with van der Waals surface area (Å²) in [6, 6.07) is 6.55. The Labute approximate surface area is 81.5 Å². The zero-order chi connectivity index (χ0) is 10.4. The van der Waals surface area contributed by atoms with Crippen LogP contribution in [0, 0.1) is 0 Å². The van der Waals surface area contributed by atoms with Gasteiger partial charge in [0.05, 0.1) is 6.61 Å². The first-order chi connectivity index (χ1) is 6.77. The first-order valence-electron chi connectivity index (χ1n) is 4.12. The van der Waals surface area contributed by atoms with E-state index >= 15 is 0 Å². The number of nitrogens with one attached hydrogen (secondary N) is 1. The van der Waals surface area contributed by atoms with Gasteiger partial charge in [-0.15, -0.1) is 0 Å². The predicted molar refractivity (Wildman–Crippen MR) is 50.7 cm³/mol. The topological polar surface area (TPSA) is 84.6 Å². The van der Waals surface area contributed by atoms with Crippen molar-refractivity contribution in [3.63, 3.8) is 0 Å². The molecular formula is C9H12N2O3. The molecule has 1 aromatic carbocycles. The summed E-state index contributed by atoms with van der Waals surface area (Å²) in [5.74, 6) is 5.13. The van der Waals surface area contributed by atoms with Gasteiger partial charge in [0.2, 0.25) is 0 Å². The van der Waals surface area contributed by atoms with Crippen molar-refractivity contribution < 1.29 is 14.6 Å². The molecule has 1 rings (SSSR count). The molecule has 0 aliphatic heterocycles. The van der Waals surface area contributed by atoms with Gasteiger partial charge in [-0.2, -0.15) is 0 Å². The van der Waals surface area contributed by atoms with E-state index in [1.54, 1.807) is 24.3 Å². The maximum Gasteiger partial charge on any atom is 0.265 e. The normalized spacial score (nSPS) is 9.57.